The SMILES string of the molecule is CS(=O)(=O)OCCCC1C(=O)Nc2ccccc21. The Morgan fingerprint density at radius 2 is 2.06 bits per heavy atom. The van der Waals surface area contributed by atoms with E-state index in [1.54, 1.807) is 0 Å². The van der Waals surface area contributed by atoms with Crippen LogP contribution < -0.4 is 5.32 Å². The van der Waals surface area contributed by atoms with Gasteiger partial charge in [0.15, 0.2) is 0 Å². The van der Waals surface area contributed by atoms with Gasteiger partial charge in [0.2, 0.25) is 5.91 Å². The molecule has 0 aliphatic carbocycles. The number of rotatable bonds is 5. The van der Waals surface area contributed by atoms with Crippen LogP contribution >= 0.6 is 0 Å². The van der Waals surface area contributed by atoms with Crippen molar-refractivity contribution in [3.8, 4) is 0 Å². The molecule has 0 radical (unpaired) electrons. The number of nitrogens with one attached hydrogen (secondary N) is 1. The Hall–Kier alpha value is -1.40. The third-order valence-electron chi connectivity index (χ3n) is 2.85. The number of benzene rings is 1. The number of para-hydroxylation sites is 1. The van der Waals surface area contributed by atoms with Crippen molar-refractivity contribution >= 4 is 21.7 Å². The summed E-state index contributed by atoms with van der Waals surface area (Å²) in [5.41, 5.74) is 1.82. The lowest BCUT2D eigenvalue weighted by atomic mass is 9.96. The molecule has 0 saturated heterocycles. The average Bonchev–Trinajstić information content (AvgIpc) is 2.59. The van der Waals surface area contributed by atoms with Crippen LogP contribution in [0.2, 0.25) is 0 Å². The lowest BCUT2D eigenvalue weighted by Crippen LogP contribution is -2.13. The molecule has 0 fully saturated rings. The second-order valence-electron chi connectivity index (χ2n) is 4.30. The molecule has 1 aromatic rings. The molecule has 1 heterocycles. The number of fused-ring (bicyclic) bond motifs is 1. The number of hydrogen-bond donors (Lipinski definition) is 1. The van der Waals surface area contributed by atoms with Gasteiger partial charge in [0.1, 0.15) is 0 Å². The molecule has 0 aromatic heterocycles. The second-order valence-corrected chi connectivity index (χ2v) is 5.94. The van der Waals surface area contributed by atoms with Crippen LogP contribution in [0.5, 0.6) is 0 Å². The second kappa shape index (κ2) is 5.07. The maximum Gasteiger partial charge on any atom is 0.264 e. The standard InChI is InChI=1S/C12H15NO4S/c1-18(15,16)17-8-4-6-10-9-5-2-3-7-11(9)13-12(10)14/h2-3,5,7,10H,4,6,8H2,1H3,(H,13,14). The summed E-state index contributed by atoms with van der Waals surface area (Å²) in [7, 11) is -3.39. The van der Waals surface area contributed by atoms with Gasteiger partial charge in [0, 0.05) is 5.69 Å². The molecule has 18 heavy (non-hydrogen) atoms. The summed E-state index contributed by atoms with van der Waals surface area (Å²) < 4.78 is 26.2. The van der Waals surface area contributed by atoms with Gasteiger partial charge in [-0.1, -0.05) is 18.2 Å². The molecule has 1 atom stereocenters. The molecule has 1 unspecified atom stereocenters. The Labute approximate surface area is 106 Å². The number of hydrogen-bond acceptors (Lipinski definition) is 4. The number of anilines is 1. The zero-order chi connectivity index (χ0) is 13.2. The highest BCUT2D eigenvalue weighted by molar-refractivity contribution is 7.85. The van der Waals surface area contributed by atoms with E-state index in [1.807, 2.05) is 24.3 Å². The third kappa shape index (κ3) is 3.08. The van der Waals surface area contributed by atoms with Gasteiger partial charge in [0.25, 0.3) is 10.1 Å². The highest BCUT2D eigenvalue weighted by Crippen LogP contribution is 2.34. The minimum Gasteiger partial charge on any atom is -0.325 e. The van der Waals surface area contributed by atoms with E-state index < -0.39 is 10.1 Å². The van der Waals surface area contributed by atoms with Crippen LogP contribution in [0.4, 0.5) is 5.69 Å². The van der Waals surface area contributed by atoms with Crippen molar-refractivity contribution < 1.29 is 17.4 Å². The lowest BCUT2D eigenvalue weighted by molar-refractivity contribution is -0.117. The van der Waals surface area contributed by atoms with Gasteiger partial charge in [-0.25, -0.2) is 0 Å². The molecule has 1 amide bonds. The molecule has 6 heteroatoms. The molecule has 0 saturated carbocycles. The Balaban J connectivity index is 1.92. The van der Waals surface area contributed by atoms with Gasteiger partial charge in [0.05, 0.1) is 18.8 Å². The van der Waals surface area contributed by atoms with E-state index >= 15 is 0 Å². The fourth-order valence-electron chi connectivity index (χ4n) is 2.06. The van der Waals surface area contributed by atoms with E-state index in [-0.39, 0.29) is 18.4 Å². The molecule has 1 aliphatic heterocycles. The Kier molecular flexibility index (Phi) is 3.68. The third-order valence-corrected chi connectivity index (χ3v) is 3.44. The van der Waals surface area contributed by atoms with Crippen LogP contribution in [-0.4, -0.2) is 27.2 Å². The maximum atomic E-state index is 11.8. The summed E-state index contributed by atoms with van der Waals surface area (Å²) in [6.45, 7) is 0.116. The minimum absolute atomic E-state index is 0.0319. The monoisotopic (exact) mass is 269 g/mol. The zero-order valence-electron chi connectivity index (χ0n) is 10.0. The Morgan fingerprint density at radius 1 is 1.33 bits per heavy atom. The van der Waals surface area contributed by atoms with E-state index in [0.717, 1.165) is 17.5 Å². The van der Waals surface area contributed by atoms with Crippen LogP contribution in [-0.2, 0) is 19.1 Å². The van der Waals surface area contributed by atoms with Crippen molar-refractivity contribution in [1.82, 2.24) is 0 Å². The molecular formula is C12H15NO4S. The number of carbonyl (C=O) groups excluding carboxylic acids is 1. The van der Waals surface area contributed by atoms with Gasteiger partial charge in [-0.15, -0.1) is 0 Å². The van der Waals surface area contributed by atoms with Crippen LogP contribution in [0.25, 0.3) is 0 Å². The van der Waals surface area contributed by atoms with Crippen molar-refractivity contribution in [3.63, 3.8) is 0 Å². The molecule has 1 aromatic carbocycles. The lowest BCUT2D eigenvalue weighted by Gasteiger charge is -2.08. The van der Waals surface area contributed by atoms with E-state index in [2.05, 4.69) is 9.50 Å². The van der Waals surface area contributed by atoms with Crippen LogP contribution in [0.3, 0.4) is 0 Å². The molecular weight excluding hydrogens is 254 g/mol. The van der Waals surface area contributed by atoms with Gasteiger partial charge in [-0.3, -0.25) is 8.98 Å². The topological polar surface area (TPSA) is 72.5 Å². The molecule has 2 rings (SSSR count). The normalized spacial score (nSPS) is 18.5. The molecule has 5 nitrogen and oxygen atoms in total. The van der Waals surface area contributed by atoms with E-state index in [9.17, 15) is 13.2 Å². The largest absolute Gasteiger partial charge is 0.325 e. The first kappa shape index (κ1) is 13.0. The summed E-state index contributed by atoms with van der Waals surface area (Å²) in [4.78, 5) is 11.8. The van der Waals surface area contributed by atoms with E-state index in [1.165, 1.54) is 0 Å². The summed E-state index contributed by atoms with van der Waals surface area (Å²) in [5, 5.41) is 2.81. The van der Waals surface area contributed by atoms with Crippen molar-refractivity contribution in [2.45, 2.75) is 18.8 Å². The molecule has 0 spiro atoms. The van der Waals surface area contributed by atoms with Crippen LogP contribution in [0.1, 0.15) is 24.3 Å². The average molecular weight is 269 g/mol. The number of amides is 1. The minimum atomic E-state index is -3.39. The first-order valence-electron chi connectivity index (χ1n) is 5.71. The Bertz CT molecular complexity index is 553. The first-order chi connectivity index (χ1) is 8.47. The predicted octanol–water partition coefficient (Wildman–Crippen LogP) is 1.48. The molecule has 98 valence electrons. The van der Waals surface area contributed by atoms with Gasteiger partial charge in [-0.2, -0.15) is 8.42 Å². The fourth-order valence-corrected chi connectivity index (χ4v) is 2.48. The highest BCUT2D eigenvalue weighted by Gasteiger charge is 2.29. The van der Waals surface area contributed by atoms with Crippen molar-refractivity contribution in [3.05, 3.63) is 29.8 Å². The van der Waals surface area contributed by atoms with Gasteiger partial charge in [-0.05, 0) is 24.5 Å². The van der Waals surface area contributed by atoms with Crippen molar-refractivity contribution in [2.24, 2.45) is 0 Å². The molecule has 1 aliphatic rings. The quantitative estimate of drug-likeness (QED) is 0.649. The summed E-state index contributed by atoms with van der Waals surface area (Å²) in [6.07, 6.45) is 2.13. The van der Waals surface area contributed by atoms with Crippen LogP contribution in [0, 0.1) is 0 Å². The van der Waals surface area contributed by atoms with Gasteiger partial charge >= 0.3 is 0 Å². The van der Waals surface area contributed by atoms with Crippen molar-refractivity contribution in [2.75, 3.05) is 18.2 Å². The van der Waals surface area contributed by atoms with E-state index in [4.69, 9.17) is 0 Å². The predicted molar refractivity (Wildman–Crippen MR) is 67.8 cm³/mol. The first-order valence-corrected chi connectivity index (χ1v) is 7.53. The summed E-state index contributed by atoms with van der Waals surface area (Å²) in [5.74, 6) is -0.236. The maximum absolute atomic E-state index is 11.8. The van der Waals surface area contributed by atoms with Crippen LogP contribution in [0.15, 0.2) is 24.3 Å². The number of carbonyl (C=O) groups is 1. The summed E-state index contributed by atoms with van der Waals surface area (Å²) >= 11 is 0. The zero-order valence-corrected chi connectivity index (χ0v) is 10.9. The Morgan fingerprint density at radius 3 is 2.78 bits per heavy atom. The van der Waals surface area contributed by atoms with E-state index in [0.29, 0.717) is 12.8 Å². The smallest absolute Gasteiger partial charge is 0.264 e. The van der Waals surface area contributed by atoms with Crippen molar-refractivity contribution in [1.29, 1.82) is 0 Å². The fraction of sp³-hybridized carbons (Fsp3) is 0.417. The molecule has 1 N–H and O–H groups in total. The highest BCUT2D eigenvalue weighted by atomic mass is 32.2. The summed E-state index contributed by atoms with van der Waals surface area (Å²) in [6, 6.07) is 7.53. The molecule has 0 bridgehead atoms. The van der Waals surface area contributed by atoms with Gasteiger partial charge < -0.3 is 5.32 Å².